The lowest BCUT2D eigenvalue weighted by Gasteiger charge is -2.16. The van der Waals surface area contributed by atoms with Gasteiger partial charge in [0.25, 0.3) is 11.8 Å². The summed E-state index contributed by atoms with van der Waals surface area (Å²) in [5, 5.41) is 7.99. The van der Waals surface area contributed by atoms with Crippen molar-refractivity contribution in [1.29, 1.82) is 0 Å². The van der Waals surface area contributed by atoms with Crippen molar-refractivity contribution in [2.24, 2.45) is 0 Å². The van der Waals surface area contributed by atoms with Gasteiger partial charge in [0.1, 0.15) is 11.6 Å². The summed E-state index contributed by atoms with van der Waals surface area (Å²) in [7, 11) is 0. The molecule has 0 atom stereocenters. The van der Waals surface area contributed by atoms with E-state index in [2.05, 4.69) is 16.0 Å². The molecule has 1 aliphatic rings. The number of anilines is 4. The number of amides is 2. The summed E-state index contributed by atoms with van der Waals surface area (Å²) < 4.78 is 28.1. The normalized spacial score (nSPS) is 12.5. The minimum atomic E-state index is -0.538. The van der Waals surface area contributed by atoms with E-state index in [1.165, 1.54) is 36.4 Å². The molecule has 0 saturated carbocycles. The highest BCUT2D eigenvalue weighted by Crippen LogP contribution is 2.34. The Kier molecular flexibility index (Phi) is 4.04. The molecule has 3 aromatic carbocycles. The van der Waals surface area contributed by atoms with Crippen molar-refractivity contribution in [2.75, 3.05) is 10.6 Å². The summed E-state index contributed by atoms with van der Waals surface area (Å²) in [5.41, 5.74) is 1.34. The SMILES string of the molecule is O=C1NC(=O)c2cc(Nc3ccccc3F)c(Nc3ccccc3F)cc21. The van der Waals surface area contributed by atoms with E-state index in [1.54, 1.807) is 24.3 Å². The number of imide groups is 1. The number of fused-ring (bicyclic) bond motifs is 1. The number of rotatable bonds is 4. The maximum absolute atomic E-state index is 14.0. The summed E-state index contributed by atoms with van der Waals surface area (Å²) >= 11 is 0. The van der Waals surface area contributed by atoms with Gasteiger partial charge in [-0.25, -0.2) is 8.78 Å². The van der Waals surface area contributed by atoms with Gasteiger partial charge >= 0.3 is 0 Å². The molecule has 0 radical (unpaired) electrons. The zero-order chi connectivity index (χ0) is 19.0. The number of carbonyl (C=O) groups excluding carboxylic acids is 2. The molecule has 2 amide bonds. The van der Waals surface area contributed by atoms with E-state index in [9.17, 15) is 18.4 Å². The fraction of sp³-hybridized carbons (Fsp3) is 0. The van der Waals surface area contributed by atoms with Crippen LogP contribution in [-0.4, -0.2) is 11.8 Å². The van der Waals surface area contributed by atoms with Gasteiger partial charge in [-0.3, -0.25) is 14.9 Å². The first-order chi connectivity index (χ1) is 13.0. The van der Waals surface area contributed by atoms with Crippen molar-refractivity contribution in [3.63, 3.8) is 0 Å². The topological polar surface area (TPSA) is 70.2 Å². The van der Waals surface area contributed by atoms with E-state index in [1.807, 2.05) is 0 Å². The van der Waals surface area contributed by atoms with Gasteiger partial charge in [0.2, 0.25) is 0 Å². The smallest absolute Gasteiger partial charge is 0.259 e. The molecule has 3 aromatic rings. The molecule has 5 nitrogen and oxygen atoms in total. The zero-order valence-electron chi connectivity index (χ0n) is 13.8. The van der Waals surface area contributed by atoms with E-state index in [0.29, 0.717) is 11.4 Å². The van der Waals surface area contributed by atoms with Crippen LogP contribution in [0.2, 0.25) is 0 Å². The van der Waals surface area contributed by atoms with Crippen molar-refractivity contribution in [3.8, 4) is 0 Å². The van der Waals surface area contributed by atoms with Crippen LogP contribution >= 0.6 is 0 Å². The Hall–Kier alpha value is -3.74. The van der Waals surface area contributed by atoms with Crippen LogP contribution in [0.1, 0.15) is 20.7 Å². The Labute approximate surface area is 153 Å². The predicted octanol–water partition coefficient (Wildman–Crippen LogP) is 4.34. The molecule has 0 saturated heterocycles. The number of carbonyl (C=O) groups is 2. The fourth-order valence-electron chi connectivity index (χ4n) is 2.84. The van der Waals surface area contributed by atoms with Crippen LogP contribution in [0.4, 0.5) is 31.5 Å². The molecule has 3 N–H and O–H groups in total. The number of hydrogen-bond acceptors (Lipinski definition) is 4. The largest absolute Gasteiger partial charge is 0.351 e. The molecule has 0 fully saturated rings. The van der Waals surface area contributed by atoms with E-state index in [4.69, 9.17) is 0 Å². The quantitative estimate of drug-likeness (QED) is 0.602. The Morgan fingerprint density at radius 3 is 1.44 bits per heavy atom. The van der Waals surface area contributed by atoms with Crippen LogP contribution < -0.4 is 16.0 Å². The van der Waals surface area contributed by atoms with Gasteiger partial charge < -0.3 is 10.6 Å². The first kappa shape index (κ1) is 16.7. The third-order valence-corrected chi connectivity index (χ3v) is 4.16. The van der Waals surface area contributed by atoms with Crippen LogP contribution in [0.25, 0.3) is 0 Å². The lowest BCUT2D eigenvalue weighted by atomic mass is 10.1. The molecule has 1 aliphatic heterocycles. The second-order valence-electron chi connectivity index (χ2n) is 5.94. The molecule has 4 rings (SSSR count). The molecule has 0 aromatic heterocycles. The first-order valence-corrected chi connectivity index (χ1v) is 8.10. The molecular weight excluding hydrogens is 352 g/mol. The van der Waals surface area contributed by atoms with Crippen molar-refractivity contribution in [1.82, 2.24) is 5.32 Å². The number of nitrogens with one attached hydrogen (secondary N) is 3. The Bertz CT molecular complexity index is 998. The number of para-hydroxylation sites is 2. The summed E-state index contributed by atoms with van der Waals surface area (Å²) in [6.07, 6.45) is 0. The second kappa shape index (κ2) is 6.53. The van der Waals surface area contributed by atoms with Gasteiger partial charge in [0, 0.05) is 0 Å². The summed E-state index contributed by atoms with van der Waals surface area (Å²) in [5.74, 6) is -2.06. The Morgan fingerprint density at radius 2 is 1.04 bits per heavy atom. The van der Waals surface area contributed by atoms with Crippen LogP contribution in [-0.2, 0) is 0 Å². The highest BCUT2D eigenvalue weighted by Gasteiger charge is 2.28. The molecule has 0 aliphatic carbocycles. The van der Waals surface area contributed by atoms with Crippen LogP contribution in [0.15, 0.2) is 60.7 Å². The minimum absolute atomic E-state index is 0.165. The highest BCUT2D eigenvalue weighted by atomic mass is 19.1. The third kappa shape index (κ3) is 3.10. The molecule has 134 valence electrons. The molecule has 27 heavy (non-hydrogen) atoms. The minimum Gasteiger partial charge on any atom is -0.351 e. The third-order valence-electron chi connectivity index (χ3n) is 4.16. The van der Waals surface area contributed by atoms with Crippen molar-refractivity contribution in [3.05, 3.63) is 83.4 Å². The van der Waals surface area contributed by atoms with Crippen LogP contribution in [0.5, 0.6) is 0 Å². The number of benzene rings is 3. The highest BCUT2D eigenvalue weighted by molar-refractivity contribution is 6.22. The van der Waals surface area contributed by atoms with Gasteiger partial charge in [-0.05, 0) is 36.4 Å². The summed E-state index contributed by atoms with van der Waals surface area (Å²) in [6.45, 7) is 0. The van der Waals surface area contributed by atoms with Gasteiger partial charge in [-0.2, -0.15) is 0 Å². The average molecular weight is 365 g/mol. The molecule has 7 heteroatoms. The predicted molar refractivity (Wildman–Crippen MR) is 97.6 cm³/mol. The van der Waals surface area contributed by atoms with Crippen LogP contribution in [0, 0.1) is 11.6 Å². The maximum Gasteiger partial charge on any atom is 0.259 e. The van der Waals surface area contributed by atoms with E-state index in [-0.39, 0.29) is 22.5 Å². The van der Waals surface area contributed by atoms with Gasteiger partial charge in [-0.15, -0.1) is 0 Å². The first-order valence-electron chi connectivity index (χ1n) is 8.10. The molecular formula is C20H13F2N3O2. The molecule has 1 heterocycles. The number of hydrogen-bond donors (Lipinski definition) is 3. The van der Waals surface area contributed by atoms with E-state index >= 15 is 0 Å². The van der Waals surface area contributed by atoms with Crippen molar-refractivity contribution in [2.45, 2.75) is 0 Å². The zero-order valence-corrected chi connectivity index (χ0v) is 13.8. The van der Waals surface area contributed by atoms with Gasteiger partial charge in [0.05, 0.1) is 33.9 Å². The average Bonchev–Trinajstić information content (AvgIpc) is 2.92. The number of halogens is 2. The van der Waals surface area contributed by atoms with E-state index in [0.717, 1.165) is 0 Å². The van der Waals surface area contributed by atoms with Gasteiger partial charge in [0.15, 0.2) is 0 Å². The lowest BCUT2D eigenvalue weighted by molar-refractivity contribution is 0.0879. The standard InChI is InChI=1S/C20H13F2N3O2/c21-13-5-1-3-7-15(13)23-17-9-11-12(20(27)25-19(11)26)10-18(17)24-16-8-4-2-6-14(16)22/h1-10,23-24H,(H,25,26,27). The summed E-state index contributed by atoms with van der Waals surface area (Å²) in [4.78, 5) is 23.9. The van der Waals surface area contributed by atoms with Crippen LogP contribution in [0.3, 0.4) is 0 Å². The maximum atomic E-state index is 14.0. The Balaban J connectivity index is 1.82. The molecule has 0 bridgehead atoms. The fourth-order valence-corrected chi connectivity index (χ4v) is 2.84. The summed E-state index contributed by atoms with van der Waals surface area (Å²) in [6, 6.07) is 14.9. The lowest BCUT2D eigenvalue weighted by Crippen LogP contribution is -2.19. The van der Waals surface area contributed by atoms with E-state index < -0.39 is 23.4 Å². The Morgan fingerprint density at radius 1 is 0.630 bits per heavy atom. The monoisotopic (exact) mass is 365 g/mol. The second-order valence-corrected chi connectivity index (χ2v) is 5.94. The van der Waals surface area contributed by atoms with Gasteiger partial charge in [-0.1, -0.05) is 24.3 Å². The molecule has 0 unspecified atom stereocenters. The molecule has 0 spiro atoms. The van der Waals surface area contributed by atoms with Crippen molar-refractivity contribution >= 4 is 34.6 Å². The van der Waals surface area contributed by atoms with Crippen molar-refractivity contribution < 1.29 is 18.4 Å².